The third-order valence-electron chi connectivity index (χ3n) is 7.51. The van der Waals surface area contributed by atoms with E-state index >= 15 is 0 Å². The first-order valence-electron chi connectivity index (χ1n) is 13.6. The molecule has 1 amide bonds. The number of hydrogen-bond donors (Lipinski definition) is 2. The maximum atomic E-state index is 13.9. The Kier molecular flexibility index (Phi) is 8.10. The number of fused-ring (bicyclic) bond motifs is 1. The lowest BCUT2D eigenvalue weighted by Crippen LogP contribution is -2.31. The molecule has 0 bridgehead atoms. The molecule has 9 nitrogen and oxygen atoms in total. The van der Waals surface area contributed by atoms with E-state index in [1.807, 2.05) is 61.2 Å². The van der Waals surface area contributed by atoms with Gasteiger partial charge in [0.25, 0.3) is 5.91 Å². The molecule has 0 radical (unpaired) electrons. The average Bonchev–Trinajstić information content (AvgIpc) is 3.52. The summed E-state index contributed by atoms with van der Waals surface area (Å²) in [5, 5.41) is 18.5. The largest absolute Gasteiger partial charge is 0.507 e. The highest BCUT2D eigenvalue weighted by Gasteiger charge is 2.43. The van der Waals surface area contributed by atoms with Crippen molar-refractivity contribution in [3.05, 3.63) is 94.7 Å². The summed E-state index contributed by atoms with van der Waals surface area (Å²) in [5.41, 5.74) is 5.85. The number of nitrogens with one attached hydrogen (secondary N) is 1. The van der Waals surface area contributed by atoms with Gasteiger partial charge in [0.15, 0.2) is 23.0 Å². The standard InChI is InChI=1S/C33H35N3O6/c1-7-14-42-25-11-9-22(18-27(25)41-6)32-29-30(28-20(3)15-19(2)16-23(28)37)34-35-31(29)33(38)36(32)13-12-21-8-10-24(39-4)26(17-21)40-5/h7-11,15-18,32,37H,1,12-14H2,2-6H3,(H,34,35). The first-order valence-corrected chi connectivity index (χ1v) is 13.6. The minimum absolute atomic E-state index is 0.113. The van der Waals surface area contributed by atoms with E-state index in [-0.39, 0.29) is 11.7 Å². The molecule has 3 aromatic carbocycles. The van der Waals surface area contributed by atoms with Gasteiger partial charge in [0.1, 0.15) is 23.7 Å². The smallest absolute Gasteiger partial charge is 0.273 e. The van der Waals surface area contributed by atoms with Crippen molar-refractivity contribution < 1.29 is 28.8 Å². The minimum atomic E-state index is -0.496. The molecule has 42 heavy (non-hydrogen) atoms. The van der Waals surface area contributed by atoms with Crippen molar-refractivity contribution in [1.82, 2.24) is 15.1 Å². The SMILES string of the molecule is C=CCOc1ccc(C2c3c(-c4c(C)cc(C)cc4O)n[nH]c3C(=O)N2CCc2ccc(OC)c(OC)c2)cc1OC. The van der Waals surface area contributed by atoms with Crippen LogP contribution in [0, 0.1) is 13.8 Å². The molecule has 1 atom stereocenters. The fourth-order valence-corrected chi connectivity index (χ4v) is 5.63. The number of aromatic amines is 1. The van der Waals surface area contributed by atoms with Gasteiger partial charge in [-0.2, -0.15) is 5.10 Å². The molecule has 0 fully saturated rings. The number of aromatic nitrogens is 2. The number of carbonyl (C=O) groups is 1. The molecule has 1 aliphatic heterocycles. The van der Waals surface area contributed by atoms with Crippen molar-refractivity contribution in [2.24, 2.45) is 0 Å². The first kappa shape index (κ1) is 28.6. The second kappa shape index (κ2) is 11.9. The lowest BCUT2D eigenvalue weighted by Gasteiger charge is -2.27. The van der Waals surface area contributed by atoms with Crippen LogP contribution in [0.5, 0.6) is 28.7 Å². The summed E-state index contributed by atoms with van der Waals surface area (Å²) >= 11 is 0. The van der Waals surface area contributed by atoms with Crippen molar-refractivity contribution in [3.63, 3.8) is 0 Å². The summed E-state index contributed by atoms with van der Waals surface area (Å²) in [6.07, 6.45) is 2.24. The lowest BCUT2D eigenvalue weighted by atomic mass is 9.93. The summed E-state index contributed by atoms with van der Waals surface area (Å²) in [6.45, 7) is 8.32. The number of hydrogen-bond acceptors (Lipinski definition) is 7. The number of aryl methyl sites for hydroxylation is 2. The van der Waals surface area contributed by atoms with E-state index in [0.29, 0.717) is 65.1 Å². The summed E-state index contributed by atoms with van der Waals surface area (Å²) in [6, 6.07) is 14.6. The molecule has 9 heteroatoms. The second-order valence-corrected chi connectivity index (χ2v) is 10.2. The number of benzene rings is 3. The monoisotopic (exact) mass is 569 g/mol. The Morgan fingerprint density at radius 1 is 0.976 bits per heavy atom. The Balaban J connectivity index is 1.60. The molecular weight excluding hydrogens is 534 g/mol. The summed E-state index contributed by atoms with van der Waals surface area (Å²) in [4.78, 5) is 15.8. The quantitative estimate of drug-likeness (QED) is 0.221. The highest BCUT2D eigenvalue weighted by atomic mass is 16.5. The Morgan fingerprint density at radius 2 is 1.69 bits per heavy atom. The third-order valence-corrected chi connectivity index (χ3v) is 7.51. The highest BCUT2D eigenvalue weighted by molar-refractivity contribution is 6.00. The molecule has 0 spiro atoms. The Hall–Kier alpha value is -4.92. The summed E-state index contributed by atoms with van der Waals surface area (Å²) in [5.74, 6) is 2.31. The van der Waals surface area contributed by atoms with Gasteiger partial charge in [-0.1, -0.05) is 30.9 Å². The molecule has 1 unspecified atom stereocenters. The van der Waals surface area contributed by atoms with Crippen LogP contribution < -0.4 is 18.9 Å². The van der Waals surface area contributed by atoms with E-state index in [9.17, 15) is 9.90 Å². The highest BCUT2D eigenvalue weighted by Crippen LogP contribution is 2.47. The van der Waals surface area contributed by atoms with Gasteiger partial charge in [-0.25, -0.2) is 0 Å². The van der Waals surface area contributed by atoms with Crippen LogP contribution in [-0.2, 0) is 6.42 Å². The number of amides is 1. The zero-order valence-corrected chi connectivity index (χ0v) is 24.5. The van der Waals surface area contributed by atoms with Crippen LogP contribution in [0.1, 0.15) is 44.3 Å². The van der Waals surface area contributed by atoms with E-state index in [2.05, 4.69) is 16.8 Å². The van der Waals surface area contributed by atoms with Crippen LogP contribution in [0.4, 0.5) is 0 Å². The molecule has 2 heterocycles. The van der Waals surface area contributed by atoms with E-state index in [1.54, 1.807) is 33.5 Å². The Morgan fingerprint density at radius 3 is 2.38 bits per heavy atom. The van der Waals surface area contributed by atoms with E-state index < -0.39 is 6.04 Å². The van der Waals surface area contributed by atoms with E-state index in [0.717, 1.165) is 22.3 Å². The van der Waals surface area contributed by atoms with Crippen molar-refractivity contribution in [3.8, 4) is 40.0 Å². The van der Waals surface area contributed by atoms with Gasteiger partial charge in [-0.3, -0.25) is 9.89 Å². The number of carbonyl (C=O) groups excluding carboxylic acids is 1. The van der Waals surface area contributed by atoms with Crippen molar-refractivity contribution >= 4 is 5.91 Å². The second-order valence-electron chi connectivity index (χ2n) is 10.2. The zero-order chi connectivity index (χ0) is 30.0. The number of ether oxygens (including phenoxy) is 4. The van der Waals surface area contributed by atoms with Gasteiger partial charge in [-0.15, -0.1) is 0 Å². The number of phenols is 1. The maximum absolute atomic E-state index is 13.9. The predicted molar refractivity (Wildman–Crippen MR) is 160 cm³/mol. The van der Waals surface area contributed by atoms with Crippen LogP contribution in [0.3, 0.4) is 0 Å². The van der Waals surface area contributed by atoms with Crippen LogP contribution in [-0.4, -0.2) is 60.6 Å². The number of aromatic hydroxyl groups is 1. The predicted octanol–water partition coefficient (Wildman–Crippen LogP) is 5.78. The molecule has 0 saturated heterocycles. The third kappa shape index (κ3) is 5.13. The van der Waals surface area contributed by atoms with Crippen LogP contribution in [0.15, 0.2) is 61.2 Å². The normalized spacial score (nSPS) is 14.1. The van der Waals surface area contributed by atoms with Crippen molar-refractivity contribution in [2.45, 2.75) is 26.3 Å². The average molecular weight is 570 g/mol. The lowest BCUT2D eigenvalue weighted by molar-refractivity contribution is 0.0745. The van der Waals surface area contributed by atoms with Gasteiger partial charge >= 0.3 is 0 Å². The minimum Gasteiger partial charge on any atom is -0.507 e. The molecule has 0 aliphatic carbocycles. The fourth-order valence-electron chi connectivity index (χ4n) is 5.63. The molecule has 218 valence electrons. The summed E-state index contributed by atoms with van der Waals surface area (Å²) < 4.78 is 22.3. The molecular formula is C33H35N3O6. The van der Waals surface area contributed by atoms with Gasteiger partial charge < -0.3 is 29.0 Å². The molecule has 2 N–H and O–H groups in total. The van der Waals surface area contributed by atoms with Crippen molar-refractivity contribution in [1.29, 1.82) is 0 Å². The fraction of sp³-hybridized carbons (Fsp3) is 0.273. The van der Waals surface area contributed by atoms with Crippen LogP contribution in [0.2, 0.25) is 0 Å². The zero-order valence-electron chi connectivity index (χ0n) is 24.5. The van der Waals surface area contributed by atoms with Gasteiger partial charge in [0.2, 0.25) is 0 Å². The van der Waals surface area contributed by atoms with Crippen LogP contribution in [0.25, 0.3) is 11.3 Å². The van der Waals surface area contributed by atoms with Crippen LogP contribution >= 0.6 is 0 Å². The topological polar surface area (TPSA) is 106 Å². The molecule has 0 saturated carbocycles. The Labute approximate surface area is 245 Å². The Bertz CT molecular complexity index is 1620. The van der Waals surface area contributed by atoms with E-state index in [1.165, 1.54) is 0 Å². The molecule has 5 rings (SSSR count). The molecule has 1 aliphatic rings. The number of rotatable bonds is 11. The molecule has 1 aromatic heterocycles. The number of methoxy groups -OCH3 is 3. The number of nitrogens with zero attached hydrogens (tertiary/aromatic N) is 2. The summed E-state index contributed by atoms with van der Waals surface area (Å²) in [7, 11) is 4.78. The van der Waals surface area contributed by atoms with Gasteiger partial charge in [0, 0.05) is 17.7 Å². The van der Waals surface area contributed by atoms with E-state index in [4.69, 9.17) is 18.9 Å². The number of phenolic OH excluding ortho intramolecular Hbond substituents is 1. The van der Waals surface area contributed by atoms with Gasteiger partial charge in [-0.05, 0) is 72.9 Å². The van der Waals surface area contributed by atoms with Gasteiger partial charge in [0.05, 0.1) is 27.4 Å². The number of H-pyrrole nitrogens is 1. The first-order chi connectivity index (χ1) is 20.3. The van der Waals surface area contributed by atoms with Crippen molar-refractivity contribution in [2.75, 3.05) is 34.5 Å². The molecule has 4 aromatic rings. The maximum Gasteiger partial charge on any atom is 0.273 e.